The predicted molar refractivity (Wildman–Crippen MR) is 153 cm³/mol. The van der Waals surface area contributed by atoms with Gasteiger partial charge in [0.25, 0.3) is 5.91 Å². The molecule has 0 bridgehead atoms. The van der Waals surface area contributed by atoms with Gasteiger partial charge < -0.3 is 18.5 Å². The fourth-order valence-electron chi connectivity index (χ4n) is 4.02. The molecule has 1 aromatic heterocycles. The highest BCUT2D eigenvalue weighted by molar-refractivity contribution is 7.97. The number of hydrogen-bond acceptors (Lipinski definition) is 9. The van der Waals surface area contributed by atoms with E-state index < -0.39 is 18.2 Å². The molecule has 10 heteroatoms. The summed E-state index contributed by atoms with van der Waals surface area (Å²) in [5.41, 5.74) is 1.95. The summed E-state index contributed by atoms with van der Waals surface area (Å²) in [5.74, 6) is -0.801. The van der Waals surface area contributed by atoms with Gasteiger partial charge in [-0.3, -0.25) is 4.79 Å². The fourth-order valence-corrected chi connectivity index (χ4v) is 4.96. The van der Waals surface area contributed by atoms with Crippen LogP contribution in [-0.4, -0.2) is 34.5 Å². The smallest absolute Gasteiger partial charge is 0.444 e. The minimum atomic E-state index is -1.000. The largest absolute Gasteiger partial charge is 0.514 e. The summed E-state index contributed by atoms with van der Waals surface area (Å²) >= 11 is 1.25. The number of rotatable bonds is 7. The summed E-state index contributed by atoms with van der Waals surface area (Å²) < 4.78 is 18.1. The molecular formula is C31H25N3O6S. The number of imide groups is 1. The van der Waals surface area contributed by atoms with Crippen LogP contribution < -0.4 is 4.90 Å². The second kappa shape index (κ2) is 12.8. The minimum absolute atomic E-state index is 0.0195. The lowest BCUT2D eigenvalue weighted by Crippen LogP contribution is -2.42. The quantitative estimate of drug-likeness (QED) is 0.185. The average molecular weight is 568 g/mol. The second-order valence-corrected chi connectivity index (χ2v) is 9.93. The Kier molecular flexibility index (Phi) is 8.61. The lowest BCUT2D eigenvalue weighted by atomic mass is 10.1. The molecule has 1 aliphatic rings. The van der Waals surface area contributed by atoms with Crippen molar-refractivity contribution in [3.8, 4) is 0 Å². The Bertz CT molecular complexity index is 1560. The van der Waals surface area contributed by atoms with Crippen molar-refractivity contribution in [2.75, 3.05) is 11.9 Å². The van der Waals surface area contributed by atoms with Crippen molar-refractivity contribution in [2.45, 2.75) is 18.1 Å². The first-order valence-electron chi connectivity index (χ1n) is 12.6. The highest BCUT2D eigenvalue weighted by atomic mass is 32.2. The summed E-state index contributed by atoms with van der Waals surface area (Å²) in [6, 6.07) is 30.2. The van der Waals surface area contributed by atoms with Gasteiger partial charge in [-0.2, -0.15) is 4.90 Å². The van der Waals surface area contributed by atoms with Gasteiger partial charge in [0.05, 0.1) is 0 Å². The van der Waals surface area contributed by atoms with Gasteiger partial charge in [0.2, 0.25) is 0 Å². The van der Waals surface area contributed by atoms with Crippen molar-refractivity contribution in [1.82, 2.24) is 9.29 Å². The maximum Gasteiger partial charge on any atom is 0.514 e. The van der Waals surface area contributed by atoms with E-state index in [1.54, 1.807) is 43.4 Å². The van der Waals surface area contributed by atoms with Crippen LogP contribution in [0, 0.1) is 0 Å². The van der Waals surface area contributed by atoms with E-state index in [0.29, 0.717) is 5.56 Å². The van der Waals surface area contributed by atoms with E-state index >= 15 is 0 Å². The van der Waals surface area contributed by atoms with Crippen molar-refractivity contribution in [1.29, 1.82) is 0 Å². The number of anilines is 1. The number of benzene rings is 3. The van der Waals surface area contributed by atoms with Crippen LogP contribution in [0.2, 0.25) is 0 Å². The van der Waals surface area contributed by atoms with Crippen LogP contribution in [0.25, 0.3) is 5.76 Å². The van der Waals surface area contributed by atoms with Crippen molar-refractivity contribution < 1.29 is 28.6 Å². The van der Waals surface area contributed by atoms with Crippen LogP contribution in [0.4, 0.5) is 15.4 Å². The lowest BCUT2D eigenvalue weighted by molar-refractivity contribution is -0.115. The Morgan fingerprint density at radius 3 is 2.05 bits per heavy atom. The zero-order valence-electron chi connectivity index (χ0n) is 22.0. The van der Waals surface area contributed by atoms with E-state index in [-0.39, 0.29) is 30.5 Å². The first-order chi connectivity index (χ1) is 20.0. The van der Waals surface area contributed by atoms with Gasteiger partial charge in [0.15, 0.2) is 11.5 Å². The molecule has 206 valence electrons. The molecule has 9 nitrogen and oxygen atoms in total. The normalized spacial score (nSPS) is 12.3. The monoisotopic (exact) mass is 567 g/mol. The molecule has 41 heavy (non-hydrogen) atoms. The summed E-state index contributed by atoms with van der Waals surface area (Å²) in [6.45, 7) is -0.0771. The third-order valence-corrected chi connectivity index (χ3v) is 6.96. The van der Waals surface area contributed by atoms with Crippen LogP contribution in [0.5, 0.6) is 0 Å². The number of aromatic nitrogens is 1. The molecule has 0 fully saturated rings. The van der Waals surface area contributed by atoms with E-state index in [0.717, 1.165) is 20.9 Å². The molecule has 0 atom stereocenters. The molecule has 1 aliphatic heterocycles. The third kappa shape index (κ3) is 6.56. The number of carbonyl (C=O) groups excluding carboxylic acids is 3. The van der Waals surface area contributed by atoms with Crippen molar-refractivity contribution in [2.24, 2.45) is 0 Å². The standard InChI is InChI=1S/C31H25N3O6S/c1-33-27(29(35)34(26-18-10-11-19-32-26)30(36)38-20-22-12-4-2-5-13-22)28(24-16-8-9-17-25(24)41-33)40-31(37)39-21-23-14-6-3-7-15-23/h2-19H,20-21H2,1H3. The molecular weight excluding hydrogens is 542 g/mol. The summed E-state index contributed by atoms with van der Waals surface area (Å²) in [5, 5.41) is 0. The van der Waals surface area contributed by atoms with Gasteiger partial charge >= 0.3 is 12.2 Å². The summed E-state index contributed by atoms with van der Waals surface area (Å²) in [4.78, 5) is 46.2. The number of amides is 2. The maximum absolute atomic E-state index is 14.2. The third-order valence-electron chi connectivity index (χ3n) is 5.95. The summed E-state index contributed by atoms with van der Waals surface area (Å²) in [7, 11) is 1.64. The SMILES string of the molecule is CN1Sc2ccccc2C(OC(=O)OCc2ccccc2)=C1C(=O)N(C(=O)OCc1ccccc1)c1ccccn1. The van der Waals surface area contributed by atoms with Gasteiger partial charge in [0, 0.05) is 23.7 Å². The van der Waals surface area contributed by atoms with Gasteiger partial charge in [-0.05, 0) is 47.3 Å². The van der Waals surface area contributed by atoms with Crippen LogP contribution in [-0.2, 0) is 32.2 Å². The van der Waals surface area contributed by atoms with Gasteiger partial charge in [-0.25, -0.2) is 14.6 Å². The number of hydrogen-bond donors (Lipinski definition) is 0. The van der Waals surface area contributed by atoms with E-state index in [4.69, 9.17) is 14.2 Å². The number of likely N-dealkylation sites (N-methyl/N-ethyl adjacent to an activating group) is 1. The van der Waals surface area contributed by atoms with Crippen LogP contribution >= 0.6 is 11.9 Å². The van der Waals surface area contributed by atoms with E-state index in [1.807, 2.05) is 60.7 Å². The lowest BCUT2D eigenvalue weighted by Gasteiger charge is -2.31. The Labute approximate surface area is 241 Å². The van der Waals surface area contributed by atoms with Crippen molar-refractivity contribution >= 4 is 41.7 Å². The van der Waals surface area contributed by atoms with Crippen LogP contribution in [0.15, 0.2) is 120 Å². The molecule has 5 rings (SSSR count). The highest BCUT2D eigenvalue weighted by Crippen LogP contribution is 2.41. The Balaban J connectivity index is 1.49. The average Bonchev–Trinajstić information content (AvgIpc) is 3.00. The molecule has 0 spiro atoms. The van der Waals surface area contributed by atoms with Crippen LogP contribution in [0.3, 0.4) is 0 Å². The number of ether oxygens (including phenoxy) is 3. The number of pyridine rings is 1. The van der Waals surface area contributed by atoms with E-state index in [2.05, 4.69) is 4.98 Å². The first-order valence-corrected chi connectivity index (χ1v) is 13.4. The number of carbonyl (C=O) groups is 3. The summed E-state index contributed by atoms with van der Waals surface area (Å²) in [6.07, 6.45) is -0.477. The molecule has 2 amide bonds. The van der Waals surface area contributed by atoms with Gasteiger partial charge in [0.1, 0.15) is 19.0 Å². The molecule has 0 radical (unpaired) electrons. The topological polar surface area (TPSA) is 98.3 Å². The van der Waals surface area contributed by atoms with Gasteiger partial charge in [-0.1, -0.05) is 78.9 Å². The Morgan fingerprint density at radius 2 is 1.39 bits per heavy atom. The highest BCUT2D eigenvalue weighted by Gasteiger charge is 2.38. The van der Waals surface area contributed by atoms with Crippen molar-refractivity contribution in [3.63, 3.8) is 0 Å². The Hall–Kier alpha value is -5.09. The zero-order chi connectivity index (χ0) is 28.6. The minimum Gasteiger partial charge on any atom is -0.444 e. The number of fused-ring (bicyclic) bond motifs is 1. The van der Waals surface area contributed by atoms with Crippen LogP contribution in [0.1, 0.15) is 16.7 Å². The fraction of sp³-hybridized carbons (Fsp3) is 0.0968. The molecule has 0 aliphatic carbocycles. The zero-order valence-corrected chi connectivity index (χ0v) is 22.8. The van der Waals surface area contributed by atoms with Gasteiger partial charge in [-0.15, -0.1) is 0 Å². The molecule has 3 aromatic carbocycles. The molecule has 0 saturated heterocycles. The predicted octanol–water partition coefficient (Wildman–Crippen LogP) is 6.43. The molecule has 4 aromatic rings. The molecule has 0 N–H and O–H groups in total. The molecule has 0 unspecified atom stereocenters. The second-order valence-electron chi connectivity index (χ2n) is 8.76. The number of nitrogens with zero attached hydrogens (tertiary/aromatic N) is 3. The molecule has 2 heterocycles. The molecule has 0 saturated carbocycles. The maximum atomic E-state index is 14.2. The Morgan fingerprint density at radius 1 is 0.780 bits per heavy atom. The first kappa shape index (κ1) is 27.5. The van der Waals surface area contributed by atoms with Crippen molar-refractivity contribution in [3.05, 3.63) is 132 Å². The van der Waals surface area contributed by atoms with E-state index in [1.165, 1.54) is 28.5 Å². The van der Waals surface area contributed by atoms with E-state index in [9.17, 15) is 14.4 Å².